The molecule has 0 saturated carbocycles. The van der Waals surface area contributed by atoms with Crippen molar-refractivity contribution in [3.63, 3.8) is 0 Å². The molecule has 0 spiro atoms. The van der Waals surface area contributed by atoms with Gasteiger partial charge in [-0.1, -0.05) is 36.4 Å². The highest BCUT2D eigenvalue weighted by Crippen LogP contribution is 2.49. The van der Waals surface area contributed by atoms with Crippen molar-refractivity contribution in [1.29, 1.82) is 0 Å². The number of para-hydroxylation sites is 1. The highest BCUT2D eigenvalue weighted by molar-refractivity contribution is 7.63. The summed E-state index contributed by atoms with van der Waals surface area (Å²) in [5.74, 6) is -13.0. The molecular weight excluding hydrogens is 390 g/mol. The van der Waals surface area contributed by atoms with Gasteiger partial charge in [-0.15, -0.1) is 0 Å². The van der Waals surface area contributed by atoms with E-state index in [1.54, 1.807) is 12.1 Å². The van der Waals surface area contributed by atoms with Crippen molar-refractivity contribution in [1.82, 2.24) is 0 Å². The average molecular weight is 400 g/mol. The van der Waals surface area contributed by atoms with Crippen LogP contribution in [0.15, 0.2) is 60.7 Å². The van der Waals surface area contributed by atoms with Crippen molar-refractivity contribution >= 4 is 12.9 Å². The molecule has 0 aliphatic carbocycles. The fraction of sp³-hybridized carbons (Fsp3) is 0. The van der Waals surface area contributed by atoms with E-state index in [9.17, 15) is 26.5 Å². The Hall–Kier alpha value is -2.86. The van der Waals surface area contributed by atoms with E-state index < -0.39 is 42.4 Å². The summed E-state index contributed by atoms with van der Waals surface area (Å²) in [6, 6.07) is 14.5. The van der Waals surface area contributed by atoms with Crippen LogP contribution >= 0.6 is 7.60 Å². The molecule has 0 aromatic heterocycles. The molecule has 0 aliphatic heterocycles. The molecule has 3 rings (SSSR count). The van der Waals surface area contributed by atoms with Crippen LogP contribution in [0.2, 0.25) is 0 Å². The van der Waals surface area contributed by atoms with E-state index in [0.29, 0.717) is 0 Å². The Kier molecular flexibility index (Phi) is 5.19. The molecule has 0 saturated heterocycles. The summed E-state index contributed by atoms with van der Waals surface area (Å²) in [6.45, 7) is 0. The van der Waals surface area contributed by atoms with Crippen LogP contribution in [0.4, 0.5) is 22.0 Å². The van der Waals surface area contributed by atoms with Crippen LogP contribution in [0, 0.1) is 29.1 Å². The minimum absolute atomic E-state index is 0.00792. The largest absolute Gasteiger partial charge is 0.463 e. The molecule has 1 atom stereocenters. The van der Waals surface area contributed by atoms with Crippen molar-refractivity contribution in [2.24, 2.45) is 0 Å². The Balaban J connectivity index is 2.12. The number of halogens is 5. The van der Waals surface area contributed by atoms with Crippen LogP contribution in [0.3, 0.4) is 0 Å². The highest BCUT2D eigenvalue weighted by Gasteiger charge is 2.36. The van der Waals surface area contributed by atoms with Crippen molar-refractivity contribution in [2.75, 3.05) is 0 Å². The van der Waals surface area contributed by atoms with Crippen LogP contribution in [0.1, 0.15) is 0 Å². The molecule has 9 heteroatoms. The fourth-order valence-corrected chi connectivity index (χ4v) is 3.73. The summed E-state index contributed by atoms with van der Waals surface area (Å²) in [5.41, 5.74) is 0. The minimum atomic E-state index is -4.56. The number of benzene rings is 3. The van der Waals surface area contributed by atoms with Gasteiger partial charge < -0.3 is 9.05 Å². The normalized spacial score (nSPS) is 13.1. The Bertz CT molecular complexity index is 984. The van der Waals surface area contributed by atoms with E-state index in [0.717, 1.165) is 0 Å². The van der Waals surface area contributed by atoms with E-state index >= 15 is 0 Å². The van der Waals surface area contributed by atoms with Crippen LogP contribution in [-0.4, -0.2) is 0 Å². The molecule has 0 N–H and O–H groups in total. The Morgan fingerprint density at radius 1 is 0.593 bits per heavy atom. The second-order valence-electron chi connectivity index (χ2n) is 5.23. The summed E-state index contributed by atoms with van der Waals surface area (Å²) in [5, 5.41) is -0.141. The van der Waals surface area contributed by atoms with Gasteiger partial charge >= 0.3 is 7.60 Å². The lowest BCUT2D eigenvalue weighted by molar-refractivity contribution is 0.330. The van der Waals surface area contributed by atoms with Gasteiger partial charge in [0.25, 0.3) is 0 Å². The van der Waals surface area contributed by atoms with Gasteiger partial charge in [-0.2, -0.15) is 8.78 Å². The second kappa shape index (κ2) is 7.40. The third kappa shape index (κ3) is 3.66. The van der Waals surface area contributed by atoms with Crippen LogP contribution in [-0.2, 0) is 4.57 Å². The Labute approximate surface area is 150 Å². The molecular formula is C18H10F5O3P. The minimum Gasteiger partial charge on any atom is -0.413 e. The van der Waals surface area contributed by atoms with E-state index in [-0.39, 0.29) is 11.1 Å². The molecule has 3 nitrogen and oxygen atoms in total. The lowest BCUT2D eigenvalue weighted by atomic mass is 10.3. The first-order chi connectivity index (χ1) is 12.8. The highest BCUT2D eigenvalue weighted by atomic mass is 31.2. The van der Waals surface area contributed by atoms with Crippen molar-refractivity contribution in [3.8, 4) is 11.5 Å². The van der Waals surface area contributed by atoms with Gasteiger partial charge in [0.2, 0.25) is 34.8 Å². The number of hydrogen-bond donors (Lipinski definition) is 0. The van der Waals surface area contributed by atoms with Gasteiger partial charge in [-0.3, -0.25) is 0 Å². The van der Waals surface area contributed by atoms with Crippen LogP contribution < -0.4 is 14.4 Å². The summed E-state index contributed by atoms with van der Waals surface area (Å²) in [7, 11) is -4.56. The summed E-state index contributed by atoms with van der Waals surface area (Å²) >= 11 is 0. The average Bonchev–Trinajstić information content (AvgIpc) is 2.70. The fourth-order valence-electron chi connectivity index (χ4n) is 2.14. The number of hydrogen-bond acceptors (Lipinski definition) is 3. The Morgan fingerprint density at radius 3 is 1.56 bits per heavy atom. The van der Waals surface area contributed by atoms with Gasteiger partial charge in [0.05, 0.1) is 5.30 Å². The Morgan fingerprint density at radius 2 is 1.04 bits per heavy atom. The van der Waals surface area contributed by atoms with E-state index in [1.807, 2.05) is 0 Å². The maximum atomic E-state index is 14.0. The molecule has 0 unspecified atom stereocenters. The lowest BCUT2D eigenvalue weighted by Gasteiger charge is -2.21. The SMILES string of the molecule is O=[P@@](Oc1ccccc1)(Oc1c(F)c(F)c(F)c(F)c1F)c1ccccc1. The van der Waals surface area contributed by atoms with E-state index in [2.05, 4.69) is 0 Å². The van der Waals surface area contributed by atoms with Gasteiger partial charge in [0.15, 0.2) is 0 Å². The molecule has 0 heterocycles. The van der Waals surface area contributed by atoms with Gasteiger partial charge in [0.1, 0.15) is 5.75 Å². The maximum absolute atomic E-state index is 14.0. The first-order valence-corrected chi connectivity index (χ1v) is 8.99. The first-order valence-electron chi connectivity index (χ1n) is 7.45. The zero-order chi connectivity index (χ0) is 19.6. The second-order valence-corrected chi connectivity index (χ2v) is 7.10. The van der Waals surface area contributed by atoms with Gasteiger partial charge in [-0.25, -0.2) is 17.7 Å². The quantitative estimate of drug-likeness (QED) is 0.250. The summed E-state index contributed by atoms with van der Waals surface area (Å²) in [6.07, 6.45) is 0. The smallest absolute Gasteiger partial charge is 0.413 e. The monoisotopic (exact) mass is 400 g/mol. The standard InChI is InChI=1S/C18H10F5O3P/c19-13-14(20)16(22)18(17(23)15(13)21)26-27(24,12-9-5-2-6-10-12)25-11-7-3-1-4-8-11/h1-10H/t27-/m0/s1. The predicted octanol–water partition coefficient (Wildman–Crippen LogP) is 5.36. The zero-order valence-electron chi connectivity index (χ0n) is 13.3. The molecule has 0 radical (unpaired) electrons. The lowest BCUT2D eigenvalue weighted by Crippen LogP contribution is -2.16. The third-order valence-electron chi connectivity index (χ3n) is 3.42. The van der Waals surface area contributed by atoms with Crippen molar-refractivity contribution < 1.29 is 35.6 Å². The van der Waals surface area contributed by atoms with Crippen LogP contribution in [0.25, 0.3) is 0 Å². The molecule has 0 amide bonds. The van der Waals surface area contributed by atoms with Crippen molar-refractivity contribution in [2.45, 2.75) is 0 Å². The van der Waals surface area contributed by atoms with Gasteiger partial charge in [-0.05, 0) is 24.3 Å². The topological polar surface area (TPSA) is 35.5 Å². The molecule has 0 fully saturated rings. The maximum Gasteiger partial charge on any atom is 0.463 e. The molecule has 27 heavy (non-hydrogen) atoms. The van der Waals surface area contributed by atoms with Crippen molar-refractivity contribution in [3.05, 3.63) is 89.7 Å². The molecule has 0 bridgehead atoms. The zero-order valence-corrected chi connectivity index (χ0v) is 14.2. The summed E-state index contributed by atoms with van der Waals surface area (Å²) < 4.78 is 91.3. The first kappa shape index (κ1) is 18.9. The summed E-state index contributed by atoms with van der Waals surface area (Å²) in [4.78, 5) is 0. The number of rotatable bonds is 5. The molecule has 140 valence electrons. The molecule has 0 aliphatic rings. The molecule has 3 aromatic carbocycles. The molecule has 3 aromatic rings. The third-order valence-corrected chi connectivity index (χ3v) is 5.23. The van der Waals surface area contributed by atoms with E-state index in [1.165, 1.54) is 48.5 Å². The van der Waals surface area contributed by atoms with Gasteiger partial charge in [0, 0.05) is 0 Å². The van der Waals surface area contributed by atoms with Crippen LogP contribution in [0.5, 0.6) is 11.5 Å². The van der Waals surface area contributed by atoms with E-state index in [4.69, 9.17) is 9.05 Å². The predicted molar refractivity (Wildman–Crippen MR) is 87.6 cm³/mol.